The third-order valence-corrected chi connectivity index (χ3v) is 2.75. The second kappa shape index (κ2) is 8.72. The third-order valence-electron chi connectivity index (χ3n) is 2.75. The maximum atomic E-state index is 3.51. The average molecular weight is 209 g/mol. The van der Waals surface area contributed by atoms with E-state index in [1.165, 1.54) is 17.6 Å². The Kier molecular flexibility index (Phi) is 8.40. The molecule has 15 heavy (non-hydrogen) atoms. The molecular formula is C14H27N. The van der Waals surface area contributed by atoms with Crippen molar-refractivity contribution in [3.8, 4) is 0 Å². The molecule has 0 aromatic carbocycles. The monoisotopic (exact) mass is 209 g/mol. The standard InChI is InChI=1S/C14H27N/c1-6-12(3)9-8-10-15-14(5)11-13(4)7-2/h9,11,14-15H,6-8,10H2,1-5H3/b12-9+,13-11+. The molecule has 0 bridgehead atoms. The van der Waals surface area contributed by atoms with Crippen LogP contribution in [0.4, 0.5) is 0 Å². The molecule has 0 heterocycles. The molecule has 0 amide bonds. The summed E-state index contributed by atoms with van der Waals surface area (Å²) in [5.41, 5.74) is 2.96. The first-order valence-electron chi connectivity index (χ1n) is 6.16. The van der Waals surface area contributed by atoms with E-state index in [9.17, 15) is 0 Å². The van der Waals surface area contributed by atoms with E-state index in [0.29, 0.717) is 6.04 Å². The van der Waals surface area contributed by atoms with Gasteiger partial charge in [0.2, 0.25) is 0 Å². The Morgan fingerprint density at radius 3 is 2.27 bits per heavy atom. The van der Waals surface area contributed by atoms with E-state index in [-0.39, 0.29) is 0 Å². The summed E-state index contributed by atoms with van der Waals surface area (Å²) in [5, 5.41) is 3.51. The van der Waals surface area contributed by atoms with Gasteiger partial charge >= 0.3 is 0 Å². The fourth-order valence-corrected chi connectivity index (χ4v) is 1.38. The van der Waals surface area contributed by atoms with Gasteiger partial charge in [-0.1, -0.05) is 37.1 Å². The zero-order valence-electron chi connectivity index (χ0n) is 11.1. The highest BCUT2D eigenvalue weighted by Gasteiger charge is 1.95. The highest BCUT2D eigenvalue weighted by molar-refractivity contribution is 5.02. The van der Waals surface area contributed by atoms with Crippen molar-refractivity contribution in [3.05, 3.63) is 23.3 Å². The summed E-state index contributed by atoms with van der Waals surface area (Å²) in [6, 6.07) is 0.500. The Balaban J connectivity index is 3.68. The van der Waals surface area contributed by atoms with Gasteiger partial charge in [-0.25, -0.2) is 0 Å². The highest BCUT2D eigenvalue weighted by atomic mass is 14.9. The van der Waals surface area contributed by atoms with Gasteiger partial charge in [0, 0.05) is 6.04 Å². The lowest BCUT2D eigenvalue weighted by Gasteiger charge is -2.09. The highest BCUT2D eigenvalue weighted by Crippen LogP contribution is 2.01. The van der Waals surface area contributed by atoms with Crippen LogP contribution in [0.2, 0.25) is 0 Å². The maximum absolute atomic E-state index is 3.51. The van der Waals surface area contributed by atoms with Crippen LogP contribution in [-0.2, 0) is 0 Å². The van der Waals surface area contributed by atoms with Crippen LogP contribution in [0.1, 0.15) is 53.9 Å². The van der Waals surface area contributed by atoms with Crippen LogP contribution in [-0.4, -0.2) is 12.6 Å². The fraction of sp³-hybridized carbons (Fsp3) is 0.714. The molecule has 0 saturated carbocycles. The Bertz CT molecular complexity index is 213. The maximum Gasteiger partial charge on any atom is 0.0224 e. The fourth-order valence-electron chi connectivity index (χ4n) is 1.38. The number of nitrogens with one attached hydrogen (secondary N) is 1. The van der Waals surface area contributed by atoms with E-state index >= 15 is 0 Å². The lowest BCUT2D eigenvalue weighted by Crippen LogP contribution is -2.25. The SMILES string of the molecule is CC/C(C)=C/CCNC(C)/C=C(\C)CC. The van der Waals surface area contributed by atoms with Crippen molar-refractivity contribution < 1.29 is 0 Å². The van der Waals surface area contributed by atoms with Gasteiger partial charge in [-0.2, -0.15) is 0 Å². The number of allylic oxidation sites excluding steroid dienone is 2. The summed E-state index contributed by atoms with van der Waals surface area (Å²) < 4.78 is 0. The molecule has 1 N–H and O–H groups in total. The molecule has 0 saturated heterocycles. The summed E-state index contributed by atoms with van der Waals surface area (Å²) in [6.45, 7) is 12.1. The van der Waals surface area contributed by atoms with Crippen molar-refractivity contribution in [2.75, 3.05) is 6.54 Å². The Hall–Kier alpha value is -0.560. The normalized spacial score (nSPS) is 15.5. The molecule has 0 fully saturated rings. The summed E-state index contributed by atoms with van der Waals surface area (Å²) in [5.74, 6) is 0. The molecule has 1 nitrogen and oxygen atoms in total. The van der Waals surface area contributed by atoms with E-state index in [0.717, 1.165) is 19.4 Å². The quantitative estimate of drug-likeness (QED) is 0.492. The molecule has 0 aliphatic carbocycles. The smallest absolute Gasteiger partial charge is 0.0224 e. The van der Waals surface area contributed by atoms with E-state index in [2.05, 4.69) is 52.1 Å². The van der Waals surface area contributed by atoms with Crippen molar-refractivity contribution in [2.45, 2.75) is 59.9 Å². The molecule has 0 aliphatic rings. The van der Waals surface area contributed by atoms with Gasteiger partial charge < -0.3 is 5.32 Å². The van der Waals surface area contributed by atoms with Crippen LogP contribution >= 0.6 is 0 Å². The molecule has 88 valence electrons. The minimum Gasteiger partial charge on any atom is -0.310 e. The largest absolute Gasteiger partial charge is 0.310 e. The average Bonchev–Trinajstić information content (AvgIpc) is 2.23. The van der Waals surface area contributed by atoms with Crippen LogP contribution in [0.15, 0.2) is 23.3 Å². The number of rotatable bonds is 7. The summed E-state index contributed by atoms with van der Waals surface area (Å²) in [6.07, 6.45) is 8.11. The molecule has 1 heteroatoms. The lowest BCUT2D eigenvalue weighted by atomic mass is 10.1. The van der Waals surface area contributed by atoms with Crippen LogP contribution in [0.5, 0.6) is 0 Å². The van der Waals surface area contributed by atoms with Gasteiger partial charge in [0.15, 0.2) is 0 Å². The van der Waals surface area contributed by atoms with Gasteiger partial charge in [0.1, 0.15) is 0 Å². The van der Waals surface area contributed by atoms with Crippen molar-refractivity contribution in [1.29, 1.82) is 0 Å². The summed E-state index contributed by atoms with van der Waals surface area (Å²) in [4.78, 5) is 0. The molecule has 0 rings (SSSR count). The number of hydrogen-bond acceptors (Lipinski definition) is 1. The summed E-state index contributed by atoms with van der Waals surface area (Å²) >= 11 is 0. The molecule has 0 aromatic heterocycles. The number of hydrogen-bond donors (Lipinski definition) is 1. The first-order chi connectivity index (χ1) is 7.10. The van der Waals surface area contributed by atoms with Crippen molar-refractivity contribution in [1.82, 2.24) is 5.32 Å². The van der Waals surface area contributed by atoms with E-state index in [1.54, 1.807) is 0 Å². The van der Waals surface area contributed by atoms with Crippen LogP contribution in [0.25, 0.3) is 0 Å². The van der Waals surface area contributed by atoms with E-state index < -0.39 is 0 Å². The van der Waals surface area contributed by atoms with Gasteiger partial charge in [-0.3, -0.25) is 0 Å². The van der Waals surface area contributed by atoms with Gasteiger partial charge in [0.25, 0.3) is 0 Å². The Morgan fingerprint density at radius 2 is 1.73 bits per heavy atom. The predicted octanol–water partition coefficient (Wildman–Crippen LogP) is 4.07. The van der Waals surface area contributed by atoms with E-state index in [1.807, 2.05) is 0 Å². The molecule has 0 aliphatic heterocycles. The second-order valence-corrected chi connectivity index (χ2v) is 4.30. The van der Waals surface area contributed by atoms with Crippen LogP contribution < -0.4 is 5.32 Å². The molecule has 0 spiro atoms. The first-order valence-corrected chi connectivity index (χ1v) is 6.16. The Morgan fingerprint density at radius 1 is 1.13 bits per heavy atom. The predicted molar refractivity (Wildman–Crippen MR) is 70.2 cm³/mol. The topological polar surface area (TPSA) is 12.0 Å². The van der Waals surface area contributed by atoms with Crippen molar-refractivity contribution in [2.24, 2.45) is 0 Å². The summed E-state index contributed by atoms with van der Waals surface area (Å²) in [7, 11) is 0. The minimum absolute atomic E-state index is 0.500. The molecule has 1 unspecified atom stereocenters. The van der Waals surface area contributed by atoms with Crippen molar-refractivity contribution in [3.63, 3.8) is 0 Å². The molecule has 0 aromatic rings. The van der Waals surface area contributed by atoms with Gasteiger partial charge in [-0.15, -0.1) is 0 Å². The zero-order chi connectivity index (χ0) is 11.7. The van der Waals surface area contributed by atoms with E-state index in [4.69, 9.17) is 0 Å². The first kappa shape index (κ1) is 14.4. The molecule has 0 radical (unpaired) electrons. The van der Waals surface area contributed by atoms with Crippen molar-refractivity contribution >= 4 is 0 Å². The second-order valence-electron chi connectivity index (χ2n) is 4.30. The third kappa shape index (κ3) is 8.44. The Labute approximate surface area is 95.7 Å². The van der Waals surface area contributed by atoms with Gasteiger partial charge in [-0.05, 0) is 46.6 Å². The molecule has 1 atom stereocenters. The lowest BCUT2D eigenvalue weighted by molar-refractivity contribution is 0.632. The minimum atomic E-state index is 0.500. The molecular weight excluding hydrogens is 182 g/mol. The zero-order valence-corrected chi connectivity index (χ0v) is 11.1. The van der Waals surface area contributed by atoms with Crippen LogP contribution in [0, 0.1) is 0 Å². The van der Waals surface area contributed by atoms with Crippen LogP contribution in [0.3, 0.4) is 0 Å². The van der Waals surface area contributed by atoms with Gasteiger partial charge in [0.05, 0.1) is 0 Å².